The first-order valence-electron chi connectivity index (χ1n) is 5.60. The van der Waals surface area contributed by atoms with Crippen LogP contribution >= 0.6 is 35.4 Å². The van der Waals surface area contributed by atoms with Crippen LogP contribution < -0.4 is 0 Å². The largest absolute Gasteiger partial charge is 0.329 e. The second-order valence-corrected chi connectivity index (χ2v) is 5.39. The van der Waals surface area contributed by atoms with E-state index in [9.17, 15) is 0 Å². The van der Waals surface area contributed by atoms with Gasteiger partial charge in [0.15, 0.2) is 10.4 Å². The van der Waals surface area contributed by atoms with Gasteiger partial charge in [-0.2, -0.15) is 0 Å². The summed E-state index contributed by atoms with van der Waals surface area (Å²) in [4.78, 5) is 7.64. The van der Waals surface area contributed by atoms with Crippen molar-refractivity contribution in [3.63, 3.8) is 0 Å². The Bertz CT molecular complexity index is 836. The molecular weight excluding hydrogens is 301 g/mol. The molecule has 0 radical (unpaired) electrons. The molecule has 2 aromatic heterocycles. The highest BCUT2D eigenvalue weighted by Gasteiger charge is 2.09. The number of rotatable bonds is 1. The third-order valence-corrected chi connectivity index (χ3v) is 3.86. The van der Waals surface area contributed by atoms with Crippen LogP contribution in [0.5, 0.6) is 0 Å². The minimum atomic E-state index is 0.489. The molecular formula is C13H9Cl2N3S. The van der Waals surface area contributed by atoms with Gasteiger partial charge in [0.25, 0.3) is 0 Å². The van der Waals surface area contributed by atoms with E-state index in [0.717, 1.165) is 22.5 Å². The molecule has 6 heteroatoms. The summed E-state index contributed by atoms with van der Waals surface area (Å²) in [6.07, 6.45) is 0. The number of benzene rings is 1. The zero-order valence-electron chi connectivity index (χ0n) is 9.95. The molecule has 0 amide bonds. The monoisotopic (exact) mass is 309 g/mol. The Hall–Kier alpha value is -1.36. The first-order valence-corrected chi connectivity index (χ1v) is 6.76. The Labute approximate surface area is 124 Å². The van der Waals surface area contributed by atoms with Crippen LogP contribution in [0.1, 0.15) is 5.69 Å². The first kappa shape index (κ1) is 12.7. The van der Waals surface area contributed by atoms with E-state index < -0.39 is 0 Å². The van der Waals surface area contributed by atoms with Crippen molar-refractivity contribution in [3.8, 4) is 5.69 Å². The van der Waals surface area contributed by atoms with E-state index >= 15 is 0 Å². The van der Waals surface area contributed by atoms with Crippen LogP contribution in [0, 0.1) is 11.7 Å². The van der Waals surface area contributed by atoms with Crippen molar-refractivity contribution in [2.75, 3.05) is 0 Å². The Morgan fingerprint density at radius 2 is 1.95 bits per heavy atom. The van der Waals surface area contributed by atoms with E-state index in [1.165, 1.54) is 0 Å². The number of hydrogen-bond acceptors (Lipinski definition) is 2. The SMILES string of the molecule is Cc1ccc2[nH]c(=S)n(-c3ccc(Cl)c(Cl)c3)c2n1. The number of nitrogens with zero attached hydrogens (tertiary/aromatic N) is 2. The summed E-state index contributed by atoms with van der Waals surface area (Å²) in [6, 6.07) is 9.28. The highest BCUT2D eigenvalue weighted by atomic mass is 35.5. The topological polar surface area (TPSA) is 33.6 Å². The molecule has 0 atom stereocenters. The summed E-state index contributed by atoms with van der Waals surface area (Å²) in [7, 11) is 0. The molecule has 1 N–H and O–H groups in total. The smallest absolute Gasteiger partial charge is 0.183 e. The third kappa shape index (κ3) is 2.16. The Balaban J connectivity index is 2.35. The van der Waals surface area contributed by atoms with E-state index in [2.05, 4.69) is 9.97 Å². The second-order valence-electron chi connectivity index (χ2n) is 4.19. The van der Waals surface area contributed by atoms with Gasteiger partial charge >= 0.3 is 0 Å². The lowest BCUT2D eigenvalue weighted by atomic mass is 10.3. The number of H-pyrrole nitrogens is 1. The molecule has 1 aromatic carbocycles. The van der Waals surface area contributed by atoms with Gasteiger partial charge in [0.2, 0.25) is 0 Å². The molecule has 96 valence electrons. The lowest BCUT2D eigenvalue weighted by Gasteiger charge is -2.05. The number of aryl methyl sites for hydroxylation is 1. The first-order chi connectivity index (χ1) is 9.06. The molecule has 0 spiro atoms. The van der Waals surface area contributed by atoms with Gasteiger partial charge < -0.3 is 4.98 Å². The van der Waals surface area contributed by atoms with Gasteiger partial charge in [0, 0.05) is 5.69 Å². The molecule has 19 heavy (non-hydrogen) atoms. The molecule has 3 rings (SSSR count). The van der Waals surface area contributed by atoms with E-state index in [1.54, 1.807) is 12.1 Å². The molecule has 0 saturated carbocycles. The van der Waals surface area contributed by atoms with Crippen LogP contribution in [-0.2, 0) is 0 Å². The molecule has 2 heterocycles. The number of aromatic nitrogens is 3. The van der Waals surface area contributed by atoms with Crippen LogP contribution in [0.2, 0.25) is 10.0 Å². The van der Waals surface area contributed by atoms with Crippen LogP contribution in [0.4, 0.5) is 0 Å². The van der Waals surface area contributed by atoms with Gasteiger partial charge in [-0.3, -0.25) is 4.57 Å². The molecule has 3 nitrogen and oxygen atoms in total. The number of aromatic amines is 1. The third-order valence-electron chi connectivity index (χ3n) is 2.83. The van der Waals surface area contributed by atoms with Crippen LogP contribution in [-0.4, -0.2) is 14.5 Å². The number of nitrogens with one attached hydrogen (secondary N) is 1. The van der Waals surface area contributed by atoms with Crippen molar-refractivity contribution in [1.82, 2.24) is 14.5 Å². The minimum Gasteiger partial charge on any atom is -0.329 e. The normalized spacial score (nSPS) is 11.1. The Morgan fingerprint density at radius 1 is 1.16 bits per heavy atom. The highest BCUT2D eigenvalue weighted by molar-refractivity contribution is 7.71. The maximum atomic E-state index is 6.06. The fourth-order valence-corrected chi connectivity index (χ4v) is 2.54. The molecule has 0 fully saturated rings. The van der Waals surface area contributed by atoms with E-state index in [-0.39, 0.29) is 0 Å². The van der Waals surface area contributed by atoms with E-state index in [1.807, 2.05) is 29.7 Å². The lowest BCUT2D eigenvalue weighted by molar-refractivity contribution is 1.04. The van der Waals surface area contributed by atoms with Crippen molar-refractivity contribution in [3.05, 3.63) is 50.8 Å². The molecule has 0 saturated heterocycles. The van der Waals surface area contributed by atoms with E-state index in [4.69, 9.17) is 35.4 Å². The zero-order chi connectivity index (χ0) is 13.6. The Kier molecular flexibility index (Phi) is 3.09. The molecule has 3 aromatic rings. The molecule has 0 bridgehead atoms. The van der Waals surface area contributed by atoms with Gasteiger partial charge in [-0.25, -0.2) is 4.98 Å². The maximum absolute atomic E-state index is 6.06. The zero-order valence-corrected chi connectivity index (χ0v) is 12.3. The maximum Gasteiger partial charge on any atom is 0.183 e. The summed E-state index contributed by atoms with van der Waals surface area (Å²) in [6.45, 7) is 1.94. The summed E-state index contributed by atoms with van der Waals surface area (Å²) >= 11 is 17.3. The fraction of sp³-hybridized carbons (Fsp3) is 0.0769. The average molecular weight is 310 g/mol. The highest BCUT2D eigenvalue weighted by Crippen LogP contribution is 2.26. The predicted octanol–water partition coefficient (Wildman–Crippen LogP) is 4.70. The van der Waals surface area contributed by atoms with Crippen molar-refractivity contribution in [1.29, 1.82) is 0 Å². The molecule has 0 aliphatic rings. The number of halogens is 2. The minimum absolute atomic E-state index is 0.489. The predicted molar refractivity (Wildman–Crippen MR) is 81.0 cm³/mol. The second kappa shape index (κ2) is 4.63. The molecule has 0 aliphatic carbocycles. The summed E-state index contributed by atoms with van der Waals surface area (Å²) in [5.41, 5.74) is 3.43. The van der Waals surface area contributed by atoms with Gasteiger partial charge in [0.05, 0.1) is 21.2 Å². The summed E-state index contributed by atoms with van der Waals surface area (Å²) in [5, 5.41) is 1.00. The molecule has 0 unspecified atom stereocenters. The van der Waals surface area contributed by atoms with Gasteiger partial charge in [0.1, 0.15) is 0 Å². The Morgan fingerprint density at radius 3 is 2.68 bits per heavy atom. The van der Waals surface area contributed by atoms with Gasteiger partial charge in [-0.05, 0) is 49.5 Å². The summed E-state index contributed by atoms with van der Waals surface area (Å²) in [5.74, 6) is 0. The fourth-order valence-electron chi connectivity index (χ4n) is 1.94. The van der Waals surface area contributed by atoms with Gasteiger partial charge in [-0.1, -0.05) is 23.2 Å². The lowest BCUT2D eigenvalue weighted by Crippen LogP contribution is -1.96. The van der Waals surface area contributed by atoms with Crippen molar-refractivity contribution in [2.24, 2.45) is 0 Å². The molecule has 0 aliphatic heterocycles. The van der Waals surface area contributed by atoms with Crippen LogP contribution in [0.25, 0.3) is 16.9 Å². The van der Waals surface area contributed by atoms with Crippen LogP contribution in [0.3, 0.4) is 0 Å². The van der Waals surface area contributed by atoms with Crippen LogP contribution in [0.15, 0.2) is 30.3 Å². The number of pyridine rings is 1. The summed E-state index contributed by atoms with van der Waals surface area (Å²) < 4.78 is 2.42. The van der Waals surface area contributed by atoms with E-state index in [0.29, 0.717) is 14.8 Å². The van der Waals surface area contributed by atoms with Crippen molar-refractivity contribution in [2.45, 2.75) is 6.92 Å². The van der Waals surface area contributed by atoms with Gasteiger partial charge in [-0.15, -0.1) is 0 Å². The quantitative estimate of drug-likeness (QED) is 0.661. The number of hydrogen-bond donors (Lipinski definition) is 1. The number of imidazole rings is 1. The average Bonchev–Trinajstić information content (AvgIpc) is 2.68. The standard InChI is InChI=1S/C13H9Cl2N3S/c1-7-2-5-11-12(16-7)18(13(19)17-11)8-3-4-9(14)10(15)6-8/h2-6H,1H3,(H,17,19). The van der Waals surface area contributed by atoms with Crippen molar-refractivity contribution >= 4 is 46.6 Å². The van der Waals surface area contributed by atoms with Crippen molar-refractivity contribution < 1.29 is 0 Å². The number of fused-ring (bicyclic) bond motifs is 1.